The predicted molar refractivity (Wildman–Crippen MR) is 59.3 cm³/mol. The van der Waals surface area contributed by atoms with Crippen molar-refractivity contribution in [2.75, 3.05) is 5.33 Å². The third kappa shape index (κ3) is 3.15. The van der Waals surface area contributed by atoms with Gasteiger partial charge in [0.1, 0.15) is 0 Å². The number of alkyl halides is 1. The van der Waals surface area contributed by atoms with Gasteiger partial charge < -0.3 is 0 Å². The molecule has 0 saturated carbocycles. The van der Waals surface area contributed by atoms with E-state index in [1.54, 1.807) is 0 Å². The van der Waals surface area contributed by atoms with E-state index in [1.807, 2.05) is 30.3 Å². The number of hydrogen-bond donors (Lipinski definition) is 0. The fraction of sp³-hybridized carbons (Fsp3) is 0.182. The van der Waals surface area contributed by atoms with Crippen molar-refractivity contribution in [2.24, 2.45) is 0 Å². The van der Waals surface area contributed by atoms with Crippen LogP contribution in [0.5, 0.6) is 0 Å². The highest BCUT2D eigenvalue weighted by Gasteiger charge is 1.94. The van der Waals surface area contributed by atoms with Gasteiger partial charge in [0.2, 0.25) is 0 Å². The second-order valence-corrected chi connectivity index (χ2v) is 3.42. The van der Waals surface area contributed by atoms with Crippen molar-refractivity contribution in [3.63, 3.8) is 0 Å². The minimum Gasteiger partial charge on any atom is -0.298 e. The molecule has 0 heterocycles. The topological polar surface area (TPSA) is 17.1 Å². The summed E-state index contributed by atoms with van der Waals surface area (Å²) in [6.07, 6.45) is 5.89. The molecule has 0 saturated heterocycles. The predicted octanol–water partition coefficient (Wildman–Crippen LogP) is 3.30. The summed E-state index contributed by atoms with van der Waals surface area (Å²) >= 11 is 3.34. The Morgan fingerprint density at radius 2 is 1.92 bits per heavy atom. The summed E-state index contributed by atoms with van der Waals surface area (Å²) in [7, 11) is 0. The van der Waals surface area contributed by atoms with Crippen molar-refractivity contribution in [2.45, 2.75) is 6.42 Å². The lowest BCUT2D eigenvalue weighted by Gasteiger charge is -1.96. The van der Waals surface area contributed by atoms with Gasteiger partial charge in [0, 0.05) is 10.9 Å². The van der Waals surface area contributed by atoms with Crippen LogP contribution in [-0.2, 0) is 0 Å². The standard InChI is InChI=1S/C11H11BrO/c12-8-4-3-6-10-5-1-2-7-11(10)9-13/h1-3,5-7,9H,4,8H2. The maximum Gasteiger partial charge on any atom is 0.150 e. The van der Waals surface area contributed by atoms with Gasteiger partial charge in [-0.1, -0.05) is 52.3 Å². The van der Waals surface area contributed by atoms with Crippen LogP contribution in [-0.4, -0.2) is 11.6 Å². The zero-order valence-corrected chi connectivity index (χ0v) is 8.83. The Labute approximate surface area is 86.6 Å². The molecule has 2 heteroatoms. The van der Waals surface area contributed by atoms with Gasteiger partial charge in [-0.15, -0.1) is 0 Å². The monoisotopic (exact) mass is 238 g/mol. The molecule has 0 bridgehead atoms. The molecule has 0 N–H and O–H groups in total. The van der Waals surface area contributed by atoms with Crippen LogP contribution in [0.25, 0.3) is 6.08 Å². The highest BCUT2D eigenvalue weighted by Crippen LogP contribution is 2.08. The molecule has 1 aromatic carbocycles. The van der Waals surface area contributed by atoms with Crippen LogP contribution in [0.4, 0.5) is 0 Å². The molecular weight excluding hydrogens is 228 g/mol. The third-order valence-electron chi connectivity index (χ3n) is 1.70. The van der Waals surface area contributed by atoms with Crippen LogP contribution in [0.2, 0.25) is 0 Å². The highest BCUT2D eigenvalue weighted by atomic mass is 79.9. The van der Waals surface area contributed by atoms with E-state index in [9.17, 15) is 4.79 Å². The largest absolute Gasteiger partial charge is 0.298 e. The van der Waals surface area contributed by atoms with Gasteiger partial charge in [-0.3, -0.25) is 4.79 Å². The average molecular weight is 239 g/mol. The van der Waals surface area contributed by atoms with Gasteiger partial charge in [-0.25, -0.2) is 0 Å². The van der Waals surface area contributed by atoms with Gasteiger partial charge in [0.15, 0.2) is 6.29 Å². The number of rotatable bonds is 4. The van der Waals surface area contributed by atoms with Crippen molar-refractivity contribution in [1.82, 2.24) is 0 Å². The SMILES string of the molecule is O=Cc1ccccc1C=CCCBr. The molecule has 0 atom stereocenters. The molecule has 0 aliphatic carbocycles. The fourth-order valence-corrected chi connectivity index (χ4v) is 1.31. The molecule has 1 nitrogen and oxygen atoms in total. The number of carbonyl (C=O) groups excluding carboxylic acids is 1. The zero-order valence-electron chi connectivity index (χ0n) is 7.24. The van der Waals surface area contributed by atoms with Crippen LogP contribution < -0.4 is 0 Å². The van der Waals surface area contributed by atoms with E-state index in [-0.39, 0.29) is 0 Å². The Kier molecular flexibility index (Phi) is 4.47. The van der Waals surface area contributed by atoms with Crippen LogP contribution in [0.3, 0.4) is 0 Å². The van der Waals surface area contributed by atoms with E-state index in [2.05, 4.69) is 22.0 Å². The van der Waals surface area contributed by atoms with Gasteiger partial charge >= 0.3 is 0 Å². The Morgan fingerprint density at radius 3 is 2.54 bits per heavy atom. The summed E-state index contributed by atoms with van der Waals surface area (Å²) in [5, 5.41) is 0.951. The molecule has 1 rings (SSSR count). The number of hydrogen-bond acceptors (Lipinski definition) is 1. The molecule has 0 radical (unpaired) electrons. The molecule has 13 heavy (non-hydrogen) atoms. The molecule has 68 valence electrons. The van der Waals surface area contributed by atoms with Gasteiger partial charge in [0.05, 0.1) is 0 Å². The number of carbonyl (C=O) groups is 1. The molecule has 0 aliphatic heterocycles. The van der Waals surface area contributed by atoms with Gasteiger partial charge in [-0.05, 0) is 12.0 Å². The van der Waals surface area contributed by atoms with Crippen molar-refractivity contribution in [1.29, 1.82) is 0 Å². The van der Waals surface area contributed by atoms with Crippen molar-refractivity contribution in [3.05, 3.63) is 41.5 Å². The number of allylic oxidation sites excluding steroid dienone is 1. The first-order valence-electron chi connectivity index (χ1n) is 4.15. The quantitative estimate of drug-likeness (QED) is 0.582. The second kappa shape index (κ2) is 5.70. The Bertz CT molecular complexity index is 305. The lowest BCUT2D eigenvalue weighted by molar-refractivity contribution is 0.112. The average Bonchev–Trinajstić information content (AvgIpc) is 2.19. The highest BCUT2D eigenvalue weighted by molar-refractivity contribution is 9.09. The Morgan fingerprint density at radius 1 is 1.23 bits per heavy atom. The minimum absolute atomic E-state index is 0.744. The number of benzene rings is 1. The summed E-state index contributed by atoms with van der Waals surface area (Å²) in [6.45, 7) is 0. The molecule has 0 aliphatic rings. The summed E-state index contributed by atoms with van der Waals surface area (Å²) in [5.74, 6) is 0. The first kappa shape index (κ1) is 10.2. The molecular formula is C11H11BrO. The zero-order chi connectivity index (χ0) is 9.52. The minimum atomic E-state index is 0.744. The van der Waals surface area contributed by atoms with Crippen LogP contribution in [0.1, 0.15) is 22.3 Å². The second-order valence-electron chi connectivity index (χ2n) is 2.63. The maximum absolute atomic E-state index is 10.6. The van der Waals surface area contributed by atoms with Gasteiger partial charge in [-0.2, -0.15) is 0 Å². The maximum atomic E-state index is 10.6. The van der Waals surface area contributed by atoms with Crippen molar-refractivity contribution in [3.8, 4) is 0 Å². The number of aldehydes is 1. The molecule has 0 aromatic heterocycles. The number of halogens is 1. The third-order valence-corrected chi connectivity index (χ3v) is 2.15. The summed E-state index contributed by atoms with van der Waals surface area (Å²) in [5.41, 5.74) is 1.73. The molecule has 0 unspecified atom stereocenters. The van der Waals surface area contributed by atoms with Crippen molar-refractivity contribution >= 4 is 28.3 Å². The summed E-state index contributed by atoms with van der Waals surface area (Å²) in [4.78, 5) is 10.6. The van der Waals surface area contributed by atoms with E-state index in [0.29, 0.717) is 0 Å². The Hall–Kier alpha value is -0.890. The van der Waals surface area contributed by atoms with E-state index in [4.69, 9.17) is 0 Å². The van der Waals surface area contributed by atoms with Crippen LogP contribution >= 0.6 is 15.9 Å². The molecule has 0 spiro atoms. The molecule has 0 fully saturated rings. The molecule has 1 aromatic rings. The van der Waals surface area contributed by atoms with E-state index < -0.39 is 0 Å². The van der Waals surface area contributed by atoms with E-state index in [1.165, 1.54) is 0 Å². The van der Waals surface area contributed by atoms with E-state index >= 15 is 0 Å². The lowest BCUT2D eigenvalue weighted by Crippen LogP contribution is -1.83. The smallest absolute Gasteiger partial charge is 0.150 e. The van der Waals surface area contributed by atoms with Crippen LogP contribution in [0, 0.1) is 0 Å². The first-order valence-corrected chi connectivity index (χ1v) is 5.27. The normalized spacial score (nSPS) is 10.5. The molecule has 0 amide bonds. The van der Waals surface area contributed by atoms with Crippen LogP contribution in [0.15, 0.2) is 30.3 Å². The van der Waals surface area contributed by atoms with Gasteiger partial charge in [0.25, 0.3) is 0 Å². The van der Waals surface area contributed by atoms with E-state index in [0.717, 1.165) is 29.2 Å². The first-order chi connectivity index (χ1) is 6.38. The summed E-state index contributed by atoms with van der Waals surface area (Å²) in [6, 6.07) is 7.56. The fourth-order valence-electron chi connectivity index (χ4n) is 1.04. The summed E-state index contributed by atoms with van der Waals surface area (Å²) < 4.78 is 0. The Balaban J connectivity index is 2.80. The van der Waals surface area contributed by atoms with Crippen molar-refractivity contribution < 1.29 is 4.79 Å². The lowest BCUT2D eigenvalue weighted by atomic mass is 10.1.